The van der Waals surface area contributed by atoms with E-state index in [2.05, 4.69) is 9.88 Å². The number of aromatic nitrogens is 2. The summed E-state index contributed by atoms with van der Waals surface area (Å²) in [6.07, 6.45) is 3.92. The maximum absolute atomic E-state index is 12.7. The standard InChI is InChI=1S/C23H21Cl2N3O3/c1-2-31-23(30)15-5-8-17(9-6-15)26-21(29)14-27-13-20(28-11-3-4-22(27)28)16-7-10-18(24)19(25)12-16/h5-10,12-13H,2-4,11,14H2,1H3/p+1. The molecule has 31 heavy (non-hydrogen) atoms. The molecule has 1 aliphatic rings. The summed E-state index contributed by atoms with van der Waals surface area (Å²) in [7, 11) is 0. The first-order chi connectivity index (χ1) is 15.0. The van der Waals surface area contributed by atoms with Crippen LogP contribution in [0.1, 0.15) is 29.5 Å². The van der Waals surface area contributed by atoms with Gasteiger partial charge in [0.05, 0.1) is 35.2 Å². The molecule has 0 bridgehead atoms. The van der Waals surface area contributed by atoms with E-state index in [0.717, 1.165) is 36.5 Å². The molecule has 0 aliphatic carbocycles. The molecule has 0 atom stereocenters. The molecule has 8 heteroatoms. The Bertz CT molecular complexity index is 1140. The maximum atomic E-state index is 12.7. The van der Waals surface area contributed by atoms with Gasteiger partial charge in [0.1, 0.15) is 6.20 Å². The maximum Gasteiger partial charge on any atom is 0.338 e. The van der Waals surface area contributed by atoms with E-state index in [1.54, 1.807) is 37.3 Å². The van der Waals surface area contributed by atoms with E-state index in [9.17, 15) is 9.59 Å². The van der Waals surface area contributed by atoms with E-state index in [1.807, 2.05) is 22.9 Å². The van der Waals surface area contributed by atoms with Crippen molar-refractivity contribution in [3.8, 4) is 11.3 Å². The van der Waals surface area contributed by atoms with Crippen molar-refractivity contribution in [3.05, 3.63) is 70.1 Å². The number of fused-ring (bicyclic) bond motifs is 1. The highest BCUT2D eigenvalue weighted by molar-refractivity contribution is 6.42. The van der Waals surface area contributed by atoms with E-state index in [4.69, 9.17) is 27.9 Å². The lowest BCUT2D eigenvalue weighted by Gasteiger charge is -2.06. The number of rotatable bonds is 6. The van der Waals surface area contributed by atoms with Crippen molar-refractivity contribution in [1.29, 1.82) is 0 Å². The molecule has 3 aromatic rings. The molecule has 4 rings (SSSR count). The Labute approximate surface area is 190 Å². The first-order valence-electron chi connectivity index (χ1n) is 10.1. The van der Waals surface area contributed by atoms with E-state index in [1.165, 1.54) is 0 Å². The fourth-order valence-electron chi connectivity index (χ4n) is 3.79. The average molecular weight is 459 g/mol. The quantitative estimate of drug-likeness (QED) is 0.436. The first-order valence-corrected chi connectivity index (χ1v) is 10.9. The summed E-state index contributed by atoms with van der Waals surface area (Å²) in [5.74, 6) is 0.582. The zero-order chi connectivity index (χ0) is 22.0. The van der Waals surface area contributed by atoms with Crippen LogP contribution in [0.3, 0.4) is 0 Å². The Kier molecular flexibility index (Phi) is 6.30. The van der Waals surface area contributed by atoms with Crippen LogP contribution < -0.4 is 9.88 Å². The second kappa shape index (κ2) is 9.12. The molecule has 0 spiro atoms. The summed E-state index contributed by atoms with van der Waals surface area (Å²) in [4.78, 5) is 24.4. The van der Waals surface area contributed by atoms with Gasteiger partial charge in [0.25, 0.3) is 11.7 Å². The normalized spacial score (nSPS) is 12.5. The summed E-state index contributed by atoms with van der Waals surface area (Å²) in [6, 6.07) is 12.2. The van der Waals surface area contributed by atoms with Gasteiger partial charge in [-0.3, -0.25) is 4.79 Å². The van der Waals surface area contributed by atoms with E-state index >= 15 is 0 Å². The number of carbonyl (C=O) groups excluding carboxylic acids is 2. The fourth-order valence-corrected chi connectivity index (χ4v) is 4.09. The monoisotopic (exact) mass is 458 g/mol. The third-order valence-electron chi connectivity index (χ3n) is 5.20. The van der Waals surface area contributed by atoms with Gasteiger partial charge >= 0.3 is 5.97 Å². The number of benzene rings is 2. The Hall–Kier alpha value is -2.83. The third-order valence-corrected chi connectivity index (χ3v) is 5.94. The highest BCUT2D eigenvalue weighted by Crippen LogP contribution is 2.30. The van der Waals surface area contributed by atoms with Crippen molar-refractivity contribution in [3.63, 3.8) is 0 Å². The van der Waals surface area contributed by atoms with Crippen LogP contribution in [0.25, 0.3) is 11.3 Å². The Morgan fingerprint density at radius 2 is 1.90 bits per heavy atom. The molecular formula is C23H22Cl2N3O3+. The molecule has 0 fully saturated rings. The van der Waals surface area contributed by atoms with Crippen LogP contribution in [-0.2, 0) is 29.0 Å². The van der Waals surface area contributed by atoms with Gasteiger partial charge in [-0.1, -0.05) is 23.2 Å². The van der Waals surface area contributed by atoms with Gasteiger partial charge in [-0.2, -0.15) is 0 Å². The lowest BCUT2D eigenvalue weighted by Crippen LogP contribution is -2.42. The molecule has 1 amide bonds. The average Bonchev–Trinajstić information content (AvgIpc) is 3.35. The second-order valence-electron chi connectivity index (χ2n) is 7.29. The zero-order valence-corrected chi connectivity index (χ0v) is 18.5. The number of hydrogen-bond donors (Lipinski definition) is 1. The molecule has 0 saturated heterocycles. The number of hydrogen-bond acceptors (Lipinski definition) is 3. The largest absolute Gasteiger partial charge is 0.462 e. The van der Waals surface area contributed by atoms with E-state index in [0.29, 0.717) is 27.9 Å². The molecule has 0 unspecified atom stereocenters. The van der Waals surface area contributed by atoms with Crippen molar-refractivity contribution in [1.82, 2.24) is 4.57 Å². The molecule has 1 N–H and O–H groups in total. The van der Waals surface area contributed by atoms with Crippen molar-refractivity contribution >= 4 is 40.8 Å². The number of nitrogens with one attached hydrogen (secondary N) is 1. The van der Waals surface area contributed by atoms with Gasteiger partial charge in [-0.05, 0) is 55.8 Å². The summed E-state index contributed by atoms with van der Waals surface area (Å²) in [5.41, 5.74) is 3.05. The highest BCUT2D eigenvalue weighted by Gasteiger charge is 2.29. The van der Waals surface area contributed by atoms with Crippen LogP contribution in [0.2, 0.25) is 10.0 Å². The van der Waals surface area contributed by atoms with E-state index in [-0.39, 0.29) is 18.4 Å². The van der Waals surface area contributed by atoms with Crippen molar-refractivity contribution < 1.29 is 18.9 Å². The molecule has 1 aromatic heterocycles. The molecular weight excluding hydrogens is 437 g/mol. The van der Waals surface area contributed by atoms with E-state index < -0.39 is 0 Å². The minimum Gasteiger partial charge on any atom is -0.462 e. The Morgan fingerprint density at radius 1 is 1.13 bits per heavy atom. The molecule has 0 saturated carbocycles. The second-order valence-corrected chi connectivity index (χ2v) is 8.10. The summed E-state index contributed by atoms with van der Waals surface area (Å²) in [5, 5.41) is 3.90. The van der Waals surface area contributed by atoms with Gasteiger partial charge in [-0.15, -0.1) is 0 Å². The number of amides is 1. The zero-order valence-electron chi connectivity index (χ0n) is 17.0. The van der Waals surface area contributed by atoms with Gasteiger partial charge in [0, 0.05) is 11.3 Å². The van der Waals surface area contributed by atoms with Crippen LogP contribution in [0.5, 0.6) is 0 Å². The summed E-state index contributed by atoms with van der Waals surface area (Å²) >= 11 is 12.3. The van der Waals surface area contributed by atoms with Gasteiger partial charge < -0.3 is 10.1 Å². The smallest absolute Gasteiger partial charge is 0.338 e. The van der Waals surface area contributed by atoms with Gasteiger partial charge in [0.2, 0.25) is 0 Å². The van der Waals surface area contributed by atoms with Crippen LogP contribution in [-0.4, -0.2) is 23.1 Å². The predicted octanol–water partition coefficient (Wildman–Crippen LogP) is 4.51. The van der Waals surface area contributed by atoms with Crippen LogP contribution in [0, 0.1) is 0 Å². The number of nitrogens with zero attached hydrogens (tertiary/aromatic N) is 2. The minimum atomic E-state index is -0.380. The van der Waals surface area contributed by atoms with Gasteiger partial charge in [0.15, 0.2) is 12.2 Å². The van der Waals surface area contributed by atoms with Crippen LogP contribution in [0.4, 0.5) is 5.69 Å². The lowest BCUT2D eigenvalue weighted by atomic mass is 10.1. The summed E-state index contributed by atoms with van der Waals surface area (Å²) < 4.78 is 9.18. The van der Waals surface area contributed by atoms with Crippen LogP contribution >= 0.6 is 23.2 Å². The molecule has 1 aliphatic heterocycles. The van der Waals surface area contributed by atoms with Crippen molar-refractivity contribution in [2.75, 3.05) is 11.9 Å². The molecule has 0 radical (unpaired) electrons. The molecule has 2 aromatic carbocycles. The topological polar surface area (TPSA) is 64.2 Å². The molecule has 160 valence electrons. The summed E-state index contributed by atoms with van der Waals surface area (Å²) in [6.45, 7) is 3.17. The van der Waals surface area contributed by atoms with Crippen LogP contribution in [0.15, 0.2) is 48.7 Å². The first kappa shape index (κ1) is 21.4. The van der Waals surface area contributed by atoms with Crippen molar-refractivity contribution in [2.45, 2.75) is 32.9 Å². The molecule has 6 nitrogen and oxygen atoms in total. The minimum absolute atomic E-state index is 0.144. The molecule has 2 heterocycles. The SMILES string of the molecule is CCOC(=O)c1ccc(NC(=O)C[n+]2cc(-c3ccc(Cl)c(Cl)c3)n3c2CCC3)cc1. The Morgan fingerprint density at radius 3 is 2.61 bits per heavy atom. The van der Waals surface area contributed by atoms with Gasteiger partial charge in [-0.25, -0.2) is 13.9 Å². The highest BCUT2D eigenvalue weighted by atomic mass is 35.5. The number of imidazole rings is 1. The third kappa shape index (κ3) is 4.60. The number of esters is 1. The van der Waals surface area contributed by atoms with Crippen molar-refractivity contribution in [2.24, 2.45) is 0 Å². The number of carbonyl (C=O) groups is 2. The number of ether oxygens (including phenoxy) is 1. The number of anilines is 1. The number of halogens is 2. The lowest BCUT2D eigenvalue weighted by molar-refractivity contribution is -0.690. The Balaban J connectivity index is 1.50. The fraction of sp³-hybridized carbons (Fsp3) is 0.261. The predicted molar refractivity (Wildman–Crippen MR) is 119 cm³/mol.